The second kappa shape index (κ2) is 7.79. The summed E-state index contributed by atoms with van der Waals surface area (Å²) >= 11 is 0. The average Bonchev–Trinajstić information content (AvgIpc) is 3.08. The fourth-order valence-electron chi connectivity index (χ4n) is 3.15. The lowest BCUT2D eigenvalue weighted by Crippen LogP contribution is -2.48. The number of nitrogens with zero attached hydrogens (tertiary/aromatic N) is 3. The highest BCUT2D eigenvalue weighted by molar-refractivity contribution is 7.89. The number of nitrogens with one attached hydrogen (secondary N) is 1. The van der Waals surface area contributed by atoms with Crippen LogP contribution in [0.4, 0.5) is 5.82 Å². The van der Waals surface area contributed by atoms with Gasteiger partial charge in [-0.3, -0.25) is 4.79 Å². The van der Waals surface area contributed by atoms with Crippen molar-refractivity contribution in [2.75, 3.05) is 18.4 Å². The first-order valence-corrected chi connectivity index (χ1v) is 10.3. The third kappa shape index (κ3) is 4.20. The van der Waals surface area contributed by atoms with E-state index in [4.69, 9.17) is 4.74 Å². The summed E-state index contributed by atoms with van der Waals surface area (Å²) in [7, 11) is -3.70. The highest BCUT2D eigenvalue weighted by atomic mass is 32.2. The molecule has 1 aromatic heterocycles. The van der Waals surface area contributed by atoms with E-state index >= 15 is 0 Å². The number of morpholine rings is 1. The number of rotatable bonds is 5. The zero-order valence-electron chi connectivity index (χ0n) is 15.6. The van der Waals surface area contributed by atoms with Gasteiger partial charge in [0.05, 0.1) is 23.3 Å². The van der Waals surface area contributed by atoms with Gasteiger partial charge < -0.3 is 10.1 Å². The Bertz CT molecular complexity index is 915. The number of hydrogen-bond donors (Lipinski definition) is 1. The van der Waals surface area contributed by atoms with Crippen molar-refractivity contribution in [2.24, 2.45) is 0 Å². The van der Waals surface area contributed by atoms with E-state index in [2.05, 4.69) is 10.4 Å². The Morgan fingerprint density at radius 3 is 2.63 bits per heavy atom. The van der Waals surface area contributed by atoms with Crippen molar-refractivity contribution in [1.82, 2.24) is 14.1 Å². The molecule has 2 atom stereocenters. The van der Waals surface area contributed by atoms with Gasteiger partial charge >= 0.3 is 0 Å². The van der Waals surface area contributed by atoms with Crippen molar-refractivity contribution >= 4 is 21.7 Å². The van der Waals surface area contributed by atoms with Crippen molar-refractivity contribution in [2.45, 2.75) is 44.4 Å². The van der Waals surface area contributed by atoms with Gasteiger partial charge in [0, 0.05) is 31.3 Å². The molecule has 0 aliphatic carbocycles. The predicted octanol–water partition coefficient (Wildman–Crippen LogP) is 1.95. The summed E-state index contributed by atoms with van der Waals surface area (Å²) in [6, 6.07) is 7.77. The van der Waals surface area contributed by atoms with Crippen molar-refractivity contribution < 1.29 is 17.9 Å². The monoisotopic (exact) mass is 392 g/mol. The molecule has 1 N–H and O–H groups in total. The van der Waals surface area contributed by atoms with Gasteiger partial charge in [-0.25, -0.2) is 13.1 Å². The van der Waals surface area contributed by atoms with E-state index in [1.165, 1.54) is 16.4 Å². The molecule has 3 rings (SSSR count). The standard InChI is InChI=1S/C18H24N4O4S/c1-4-22-17(8-9-19-22)20-18(23)15-6-5-7-16(10-15)27(24,25)21-11-13(2)26-14(3)12-21/h5-10,13-14H,4,11-12H2,1-3H3,(H,20,23)/t13-,14-/m0/s1. The van der Waals surface area contributed by atoms with E-state index < -0.39 is 10.0 Å². The van der Waals surface area contributed by atoms with Gasteiger partial charge in [-0.05, 0) is 39.0 Å². The molecule has 0 spiro atoms. The average molecular weight is 392 g/mol. The highest BCUT2D eigenvalue weighted by Gasteiger charge is 2.32. The fourth-order valence-corrected chi connectivity index (χ4v) is 4.79. The number of carbonyl (C=O) groups excluding carboxylic acids is 1. The minimum atomic E-state index is -3.70. The Labute approximate surface area is 159 Å². The molecule has 146 valence electrons. The fraction of sp³-hybridized carbons (Fsp3) is 0.444. The van der Waals surface area contributed by atoms with Crippen LogP contribution in [0.25, 0.3) is 0 Å². The Balaban J connectivity index is 1.83. The predicted molar refractivity (Wildman–Crippen MR) is 101 cm³/mol. The molecule has 1 fully saturated rings. The van der Waals surface area contributed by atoms with Crippen molar-refractivity contribution in [3.05, 3.63) is 42.1 Å². The molecule has 0 unspecified atom stereocenters. The third-order valence-corrected chi connectivity index (χ3v) is 6.21. The molecule has 27 heavy (non-hydrogen) atoms. The van der Waals surface area contributed by atoms with E-state index in [0.29, 0.717) is 25.5 Å². The van der Waals surface area contributed by atoms with Crippen LogP contribution >= 0.6 is 0 Å². The molecule has 0 saturated carbocycles. The summed E-state index contributed by atoms with van der Waals surface area (Å²) in [5.74, 6) is 0.178. The number of benzene rings is 1. The molecule has 0 radical (unpaired) electrons. The first-order valence-electron chi connectivity index (χ1n) is 8.90. The lowest BCUT2D eigenvalue weighted by molar-refractivity contribution is -0.0440. The van der Waals surface area contributed by atoms with E-state index in [1.807, 2.05) is 20.8 Å². The molecule has 8 nitrogen and oxygen atoms in total. The molecule has 2 heterocycles. The van der Waals surface area contributed by atoms with Gasteiger partial charge in [0.1, 0.15) is 5.82 Å². The summed E-state index contributed by atoms with van der Waals surface area (Å²) in [5, 5.41) is 6.86. The SMILES string of the molecule is CCn1nccc1NC(=O)c1cccc(S(=O)(=O)N2C[C@H](C)O[C@@H](C)C2)c1. The summed E-state index contributed by atoms with van der Waals surface area (Å²) in [6.45, 7) is 6.81. The summed E-state index contributed by atoms with van der Waals surface area (Å²) in [6.07, 6.45) is 1.24. The molecule has 2 aromatic rings. The molecule has 1 aliphatic heterocycles. The number of carbonyl (C=O) groups is 1. The second-order valence-electron chi connectivity index (χ2n) is 6.59. The maximum absolute atomic E-state index is 13.0. The smallest absolute Gasteiger partial charge is 0.256 e. The molecule has 0 bridgehead atoms. The molecule has 1 aliphatic rings. The van der Waals surface area contributed by atoms with Crippen LogP contribution in [0.1, 0.15) is 31.1 Å². The first kappa shape index (κ1) is 19.5. The van der Waals surface area contributed by atoms with E-state index in [1.54, 1.807) is 29.1 Å². The minimum absolute atomic E-state index is 0.0976. The van der Waals surface area contributed by atoms with Crippen molar-refractivity contribution in [3.8, 4) is 0 Å². The highest BCUT2D eigenvalue weighted by Crippen LogP contribution is 2.22. The van der Waals surface area contributed by atoms with Crippen LogP contribution < -0.4 is 5.32 Å². The Kier molecular flexibility index (Phi) is 5.64. The number of aromatic nitrogens is 2. The summed E-state index contributed by atoms with van der Waals surface area (Å²) < 4.78 is 34.7. The molecular formula is C18H24N4O4S. The van der Waals surface area contributed by atoms with E-state index in [9.17, 15) is 13.2 Å². The van der Waals surface area contributed by atoms with E-state index in [-0.39, 0.29) is 28.6 Å². The van der Waals surface area contributed by atoms with Gasteiger partial charge in [0.25, 0.3) is 5.91 Å². The summed E-state index contributed by atoms with van der Waals surface area (Å²) in [5.41, 5.74) is 0.272. The number of ether oxygens (including phenoxy) is 1. The van der Waals surface area contributed by atoms with Gasteiger partial charge in [-0.15, -0.1) is 0 Å². The number of hydrogen-bond acceptors (Lipinski definition) is 5. The van der Waals surface area contributed by atoms with Crippen LogP contribution in [0.15, 0.2) is 41.4 Å². The molecule has 1 amide bonds. The maximum atomic E-state index is 13.0. The van der Waals surface area contributed by atoms with Gasteiger partial charge in [-0.2, -0.15) is 9.40 Å². The van der Waals surface area contributed by atoms with Crippen LogP contribution in [0.3, 0.4) is 0 Å². The first-order chi connectivity index (χ1) is 12.8. The number of anilines is 1. The van der Waals surface area contributed by atoms with Crippen LogP contribution in [0.5, 0.6) is 0 Å². The largest absolute Gasteiger partial charge is 0.373 e. The Morgan fingerprint density at radius 2 is 1.96 bits per heavy atom. The van der Waals surface area contributed by atoms with Crippen LogP contribution in [0, 0.1) is 0 Å². The number of sulfonamides is 1. The van der Waals surface area contributed by atoms with Crippen LogP contribution in [-0.4, -0.2) is 53.7 Å². The second-order valence-corrected chi connectivity index (χ2v) is 8.53. The third-order valence-electron chi connectivity index (χ3n) is 4.38. The lowest BCUT2D eigenvalue weighted by Gasteiger charge is -2.34. The zero-order valence-corrected chi connectivity index (χ0v) is 16.4. The van der Waals surface area contributed by atoms with E-state index in [0.717, 1.165) is 0 Å². The van der Waals surface area contributed by atoms with Gasteiger partial charge in [0.2, 0.25) is 10.0 Å². The van der Waals surface area contributed by atoms with Gasteiger partial charge in [0.15, 0.2) is 0 Å². The Morgan fingerprint density at radius 1 is 1.26 bits per heavy atom. The maximum Gasteiger partial charge on any atom is 0.256 e. The molecular weight excluding hydrogens is 368 g/mol. The van der Waals surface area contributed by atoms with Crippen LogP contribution in [-0.2, 0) is 21.3 Å². The number of amides is 1. The number of aryl methyl sites for hydroxylation is 1. The topological polar surface area (TPSA) is 93.5 Å². The quantitative estimate of drug-likeness (QED) is 0.839. The molecule has 9 heteroatoms. The molecule has 1 aromatic carbocycles. The van der Waals surface area contributed by atoms with Crippen molar-refractivity contribution in [1.29, 1.82) is 0 Å². The lowest BCUT2D eigenvalue weighted by atomic mass is 10.2. The normalized spacial score (nSPS) is 21.1. The van der Waals surface area contributed by atoms with Crippen molar-refractivity contribution in [3.63, 3.8) is 0 Å². The zero-order chi connectivity index (χ0) is 19.6. The van der Waals surface area contributed by atoms with Crippen LogP contribution in [0.2, 0.25) is 0 Å². The van der Waals surface area contributed by atoms with Gasteiger partial charge in [-0.1, -0.05) is 6.07 Å². The molecule has 1 saturated heterocycles. The minimum Gasteiger partial charge on any atom is -0.373 e. The Hall–Kier alpha value is -2.23. The summed E-state index contributed by atoms with van der Waals surface area (Å²) in [4.78, 5) is 12.7.